The Morgan fingerprint density at radius 2 is 2.00 bits per heavy atom. The molecule has 3 rings (SSSR count). The molecule has 9 heteroatoms. The monoisotopic (exact) mass is 421 g/mol. The number of carbonyl (C=O) groups is 1. The van der Waals surface area contributed by atoms with Crippen molar-refractivity contribution < 1.29 is 22.3 Å². The average molecular weight is 421 g/mol. The number of benzene rings is 1. The van der Waals surface area contributed by atoms with E-state index in [0.29, 0.717) is 23.4 Å². The number of aromatic nitrogens is 1. The van der Waals surface area contributed by atoms with Gasteiger partial charge in [0, 0.05) is 41.9 Å². The second-order valence-corrected chi connectivity index (χ2v) is 9.90. The van der Waals surface area contributed by atoms with Crippen LogP contribution < -0.4 is 15.4 Å². The van der Waals surface area contributed by atoms with Crippen molar-refractivity contribution in [2.75, 3.05) is 11.1 Å². The lowest BCUT2D eigenvalue weighted by Gasteiger charge is -2.39. The van der Waals surface area contributed by atoms with Gasteiger partial charge in [0.15, 0.2) is 15.2 Å². The highest BCUT2D eigenvalue weighted by atomic mass is 32.2. The van der Waals surface area contributed by atoms with Crippen LogP contribution in [0.1, 0.15) is 38.8 Å². The minimum atomic E-state index is -3.80. The smallest absolute Gasteiger partial charge is 0.257 e. The van der Waals surface area contributed by atoms with Crippen LogP contribution in [0.4, 0.5) is 10.1 Å². The Hall–Kier alpha value is -2.52. The predicted octanol–water partition coefficient (Wildman–Crippen LogP) is 2.81. The Morgan fingerprint density at radius 1 is 1.31 bits per heavy atom. The third-order valence-electron chi connectivity index (χ3n) is 4.73. The maximum absolute atomic E-state index is 13.9. The highest BCUT2D eigenvalue weighted by Gasteiger charge is 2.39. The van der Waals surface area contributed by atoms with Crippen molar-refractivity contribution in [1.82, 2.24) is 10.3 Å². The molecule has 1 aliphatic rings. The number of anilines is 1. The van der Waals surface area contributed by atoms with Crippen LogP contribution in [0.15, 0.2) is 42.7 Å². The van der Waals surface area contributed by atoms with E-state index in [1.165, 1.54) is 37.5 Å². The summed E-state index contributed by atoms with van der Waals surface area (Å²) in [5.41, 5.74) is 0.295. The molecule has 2 atom stereocenters. The highest BCUT2D eigenvalue weighted by Crippen LogP contribution is 2.40. The van der Waals surface area contributed by atoms with Crippen LogP contribution in [0, 0.1) is 5.82 Å². The number of rotatable bonds is 6. The molecule has 7 nitrogen and oxygen atoms in total. The SMILES string of the molecule is CCS(=O)(=O)C(NC1CC(C)(C)Oc2ccc(F)cc21)C(=O)Nc1ccncc1. The first kappa shape index (κ1) is 21.2. The highest BCUT2D eigenvalue weighted by molar-refractivity contribution is 7.92. The predicted molar refractivity (Wildman–Crippen MR) is 108 cm³/mol. The quantitative estimate of drug-likeness (QED) is 0.744. The van der Waals surface area contributed by atoms with Crippen molar-refractivity contribution >= 4 is 21.4 Å². The first-order valence-corrected chi connectivity index (χ1v) is 11.0. The molecular weight excluding hydrogens is 397 g/mol. The summed E-state index contributed by atoms with van der Waals surface area (Å²) in [6.07, 6.45) is 3.35. The van der Waals surface area contributed by atoms with Crippen molar-refractivity contribution in [1.29, 1.82) is 0 Å². The van der Waals surface area contributed by atoms with Crippen LogP contribution in [0.25, 0.3) is 0 Å². The molecule has 0 fully saturated rings. The molecule has 1 aliphatic heterocycles. The number of hydrogen-bond donors (Lipinski definition) is 2. The number of amides is 1. The summed E-state index contributed by atoms with van der Waals surface area (Å²) in [7, 11) is -3.80. The van der Waals surface area contributed by atoms with Gasteiger partial charge < -0.3 is 10.1 Å². The summed E-state index contributed by atoms with van der Waals surface area (Å²) in [6, 6.07) is 6.65. The van der Waals surface area contributed by atoms with Gasteiger partial charge in [0.25, 0.3) is 5.91 Å². The topological polar surface area (TPSA) is 97.4 Å². The first-order chi connectivity index (χ1) is 13.6. The molecule has 0 saturated heterocycles. The van der Waals surface area contributed by atoms with Gasteiger partial charge in [0.1, 0.15) is 17.2 Å². The fourth-order valence-electron chi connectivity index (χ4n) is 3.31. The Labute approximate surface area is 169 Å². The van der Waals surface area contributed by atoms with Gasteiger partial charge >= 0.3 is 0 Å². The summed E-state index contributed by atoms with van der Waals surface area (Å²) in [5.74, 6) is -0.936. The normalized spacial score (nSPS) is 19.0. The van der Waals surface area contributed by atoms with Crippen LogP contribution >= 0.6 is 0 Å². The van der Waals surface area contributed by atoms with E-state index >= 15 is 0 Å². The zero-order valence-corrected chi connectivity index (χ0v) is 17.3. The second-order valence-electron chi connectivity index (χ2n) is 7.52. The molecule has 1 aromatic heterocycles. The summed E-state index contributed by atoms with van der Waals surface area (Å²) < 4.78 is 45.2. The number of pyridine rings is 1. The van der Waals surface area contributed by atoms with E-state index in [2.05, 4.69) is 15.6 Å². The molecular formula is C20H24FN3O4S. The number of fused-ring (bicyclic) bond motifs is 1. The van der Waals surface area contributed by atoms with Crippen molar-refractivity contribution in [3.63, 3.8) is 0 Å². The number of halogens is 1. The largest absolute Gasteiger partial charge is 0.487 e. The van der Waals surface area contributed by atoms with Crippen molar-refractivity contribution in [2.45, 2.75) is 44.2 Å². The Balaban J connectivity index is 1.94. The van der Waals surface area contributed by atoms with E-state index in [1.54, 1.807) is 12.1 Å². The van der Waals surface area contributed by atoms with Crippen molar-refractivity contribution in [3.05, 3.63) is 54.1 Å². The lowest BCUT2D eigenvalue weighted by molar-refractivity contribution is -0.116. The van der Waals surface area contributed by atoms with Gasteiger partial charge in [0.2, 0.25) is 0 Å². The van der Waals surface area contributed by atoms with Crippen LogP contribution in [-0.2, 0) is 14.6 Å². The van der Waals surface area contributed by atoms with Gasteiger partial charge in [-0.3, -0.25) is 15.1 Å². The van der Waals surface area contributed by atoms with Crippen LogP contribution in [0.5, 0.6) is 5.75 Å². The number of sulfone groups is 1. The molecule has 0 spiro atoms. The van der Waals surface area contributed by atoms with Crippen LogP contribution in [0.3, 0.4) is 0 Å². The van der Waals surface area contributed by atoms with Gasteiger partial charge in [-0.05, 0) is 44.2 Å². The number of hydrogen-bond acceptors (Lipinski definition) is 6. The first-order valence-electron chi connectivity index (χ1n) is 9.28. The summed E-state index contributed by atoms with van der Waals surface area (Å²) in [4.78, 5) is 16.7. The minimum absolute atomic E-state index is 0.225. The average Bonchev–Trinajstić information content (AvgIpc) is 2.66. The summed E-state index contributed by atoms with van der Waals surface area (Å²) in [6.45, 7) is 5.19. The van der Waals surface area contributed by atoms with Crippen LogP contribution in [0.2, 0.25) is 0 Å². The second kappa shape index (κ2) is 8.08. The molecule has 2 heterocycles. The molecule has 156 valence electrons. The molecule has 0 saturated carbocycles. The molecule has 0 aliphatic carbocycles. The van der Waals surface area contributed by atoms with E-state index in [-0.39, 0.29) is 5.75 Å². The lowest BCUT2D eigenvalue weighted by Crippen LogP contribution is -2.51. The van der Waals surface area contributed by atoms with Gasteiger partial charge in [0.05, 0.1) is 0 Å². The van der Waals surface area contributed by atoms with E-state index in [0.717, 1.165) is 0 Å². The van der Waals surface area contributed by atoms with Gasteiger partial charge in [-0.25, -0.2) is 12.8 Å². The van der Waals surface area contributed by atoms with E-state index in [1.807, 2.05) is 13.8 Å². The molecule has 2 N–H and O–H groups in total. The van der Waals surface area contributed by atoms with Gasteiger partial charge in [-0.2, -0.15) is 0 Å². The molecule has 1 amide bonds. The zero-order chi connectivity index (χ0) is 21.2. The molecule has 1 aromatic carbocycles. The van der Waals surface area contributed by atoms with Crippen LogP contribution in [-0.4, -0.2) is 36.0 Å². The van der Waals surface area contributed by atoms with E-state index in [9.17, 15) is 17.6 Å². The van der Waals surface area contributed by atoms with Crippen molar-refractivity contribution in [2.24, 2.45) is 0 Å². The minimum Gasteiger partial charge on any atom is -0.487 e. The van der Waals surface area contributed by atoms with Gasteiger partial charge in [-0.15, -0.1) is 0 Å². The maximum atomic E-state index is 13.9. The number of carbonyl (C=O) groups excluding carboxylic acids is 1. The third-order valence-corrected chi connectivity index (χ3v) is 6.60. The fourth-order valence-corrected chi connectivity index (χ4v) is 4.40. The molecule has 0 bridgehead atoms. The third kappa shape index (κ3) is 4.91. The number of nitrogens with one attached hydrogen (secondary N) is 2. The lowest BCUT2D eigenvalue weighted by atomic mass is 9.89. The van der Waals surface area contributed by atoms with E-state index in [4.69, 9.17) is 4.74 Å². The summed E-state index contributed by atoms with van der Waals surface area (Å²) in [5, 5.41) is 4.04. The summed E-state index contributed by atoms with van der Waals surface area (Å²) >= 11 is 0. The standard InChI is InChI=1S/C20H24FN3O4S/c1-4-29(26,27)19(18(25)23-14-7-9-22-10-8-14)24-16-12-20(2,3)28-17-6-5-13(21)11-15(16)17/h5-11,16,19,24H,4,12H2,1-3H3,(H,22,23,25). The Kier molecular flexibility index (Phi) is 5.90. The fraction of sp³-hybridized carbons (Fsp3) is 0.400. The van der Waals surface area contributed by atoms with Gasteiger partial charge in [-0.1, -0.05) is 6.92 Å². The van der Waals surface area contributed by atoms with Crippen molar-refractivity contribution in [3.8, 4) is 5.75 Å². The molecule has 29 heavy (non-hydrogen) atoms. The number of nitrogens with zero attached hydrogens (tertiary/aromatic N) is 1. The number of ether oxygens (including phenoxy) is 1. The Bertz CT molecular complexity index is 996. The Morgan fingerprint density at radius 3 is 2.66 bits per heavy atom. The molecule has 2 aromatic rings. The molecule has 2 unspecified atom stereocenters. The molecule has 0 radical (unpaired) electrons. The maximum Gasteiger partial charge on any atom is 0.257 e. The van der Waals surface area contributed by atoms with E-state index < -0.39 is 38.6 Å². The zero-order valence-electron chi connectivity index (χ0n) is 16.5.